The summed E-state index contributed by atoms with van der Waals surface area (Å²) in [5.74, 6) is 0.0770. The van der Waals surface area contributed by atoms with E-state index in [1.165, 1.54) is 25.3 Å². The number of ether oxygens (including phenoxy) is 1. The zero-order chi connectivity index (χ0) is 14.7. The summed E-state index contributed by atoms with van der Waals surface area (Å²) in [4.78, 5) is 14.3. The van der Waals surface area contributed by atoms with Gasteiger partial charge in [-0.1, -0.05) is 0 Å². The largest absolute Gasteiger partial charge is 0.496 e. The third-order valence-corrected chi connectivity index (χ3v) is 3.88. The van der Waals surface area contributed by atoms with E-state index in [4.69, 9.17) is 10.5 Å². The number of likely N-dealkylation sites (tertiary alicyclic amines) is 1. The second-order valence-electron chi connectivity index (χ2n) is 5.36. The van der Waals surface area contributed by atoms with Gasteiger partial charge in [-0.05, 0) is 43.9 Å². The molecule has 0 unspecified atom stereocenters. The van der Waals surface area contributed by atoms with Crippen LogP contribution in [0.3, 0.4) is 0 Å². The first-order valence-corrected chi connectivity index (χ1v) is 6.91. The van der Waals surface area contributed by atoms with Crippen LogP contribution >= 0.6 is 0 Å². The number of halogens is 1. The van der Waals surface area contributed by atoms with Crippen LogP contribution in [0.4, 0.5) is 4.39 Å². The van der Waals surface area contributed by atoms with E-state index < -0.39 is 5.82 Å². The molecule has 2 atom stereocenters. The Morgan fingerprint density at radius 2 is 2.30 bits per heavy atom. The van der Waals surface area contributed by atoms with E-state index in [1.807, 2.05) is 6.92 Å². The minimum atomic E-state index is -0.435. The van der Waals surface area contributed by atoms with Crippen molar-refractivity contribution in [3.8, 4) is 5.75 Å². The molecule has 1 fully saturated rings. The average molecular weight is 280 g/mol. The monoisotopic (exact) mass is 280 g/mol. The molecule has 20 heavy (non-hydrogen) atoms. The first kappa shape index (κ1) is 14.8. The Balaban J connectivity index is 2.20. The van der Waals surface area contributed by atoms with Gasteiger partial charge >= 0.3 is 0 Å². The fourth-order valence-electron chi connectivity index (χ4n) is 2.64. The van der Waals surface area contributed by atoms with Gasteiger partial charge in [0.25, 0.3) is 5.91 Å². The van der Waals surface area contributed by atoms with Crippen molar-refractivity contribution in [2.24, 2.45) is 11.7 Å². The Morgan fingerprint density at radius 1 is 1.55 bits per heavy atom. The molecule has 0 saturated carbocycles. The Morgan fingerprint density at radius 3 is 2.95 bits per heavy atom. The lowest BCUT2D eigenvalue weighted by Gasteiger charge is -2.34. The molecule has 1 aliphatic heterocycles. The quantitative estimate of drug-likeness (QED) is 0.921. The molecule has 2 rings (SSSR count). The van der Waals surface area contributed by atoms with Crippen molar-refractivity contribution < 1.29 is 13.9 Å². The zero-order valence-corrected chi connectivity index (χ0v) is 11.9. The normalized spacial score (nSPS) is 20.6. The Bertz CT molecular complexity index is 491. The van der Waals surface area contributed by atoms with E-state index in [2.05, 4.69) is 0 Å². The van der Waals surface area contributed by atoms with Gasteiger partial charge in [-0.3, -0.25) is 4.79 Å². The lowest BCUT2D eigenvalue weighted by molar-refractivity contribution is 0.0657. The summed E-state index contributed by atoms with van der Waals surface area (Å²) < 4.78 is 18.5. The summed E-state index contributed by atoms with van der Waals surface area (Å²) >= 11 is 0. The first-order chi connectivity index (χ1) is 9.52. The molecule has 0 bridgehead atoms. The van der Waals surface area contributed by atoms with Crippen LogP contribution in [-0.4, -0.2) is 37.0 Å². The molecule has 0 radical (unpaired) electrons. The highest BCUT2D eigenvalue weighted by atomic mass is 19.1. The number of hydrogen-bond acceptors (Lipinski definition) is 3. The summed E-state index contributed by atoms with van der Waals surface area (Å²) in [7, 11) is 1.48. The van der Waals surface area contributed by atoms with Gasteiger partial charge in [-0.25, -0.2) is 4.39 Å². The number of piperidine rings is 1. The predicted molar refractivity (Wildman–Crippen MR) is 75.2 cm³/mol. The molecule has 1 aromatic rings. The summed E-state index contributed by atoms with van der Waals surface area (Å²) in [5.41, 5.74) is 6.20. The summed E-state index contributed by atoms with van der Waals surface area (Å²) in [5, 5.41) is 0. The number of carbonyl (C=O) groups is 1. The van der Waals surface area contributed by atoms with Crippen LogP contribution in [0.1, 0.15) is 30.1 Å². The van der Waals surface area contributed by atoms with Crippen LogP contribution in [0.25, 0.3) is 0 Å². The molecule has 2 N–H and O–H groups in total. The summed E-state index contributed by atoms with van der Waals surface area (Å²) in [6.45, 7) is 3.26. The molecule has 5 heteroatoms. The molecule has 1 amide bonds. The summed E-state index contributed by atoms with van der Waals surface area (Å²) in [6.07, 6.45) is 1.96. The van der Waals surface area contributed by atoms with Crippen molar-refractivity contribution in [2.75, 3.05) is 20.2 Å². The van der Waals surface area contributed by atoms with Gasteiger partial charge in [-0.2, -0.15) is 0 Å². The number of methoxy groups -OCH3 is 1. The molecule has 0 aromatic heterocycles. The Labute approximate surface area is 118 Å². The van der Waals surface area contributed by atoms with E-state index in [-0.39, 0.29) is 17.5 Å². The molecule has 1 aliphatic rings. The fraction of sp³-hybridized carbons (Fsp3) is 0.533. The average Bonchev–Trinajstić information content (AvgIpc) is 2.46. The maximum atomic E-state index is 13.4. The van der Waals surface area contributed by atoms with E-state index in [1.54, 1.807) is 4.90 Å². The maximum absolute atomic E-state index is 13.4. The highest BCUT2D eigenvalue weighted by Gasteiger charge is 2.28. The van der Waals surface area contributed by atoms with E-state index >= 15 is 0 Å². The number of amides is 1. The van der Waals surface area contributed by atoms with Gasteiger partial charge in [0.15, 0.2) is 0 Å². The first-order valence-electron chi connectivity index (χ1n) is 6.91. The molecular formula is C15H21FN2O2. The van der Waals surface area contributed by atoms with Gasteiger partial charge in [0.2, 0.25) is 0 Å². The highest BCUT2D eigenvalue weighted by Crippen LogP contribution is 2.25. The lowest BCUT2D eigenvalue weighted by Crippen LogP contribution is -2.45. The van der Waals surface area contributed by atoms with Crippen LogP contribution in [0.2, 0.25) is 0 Å². The number of hydrogen-bond donors (Lipinski definition) is 1. The van der Waals surface area contributed by atoms with Gasteiger partial charge in [0.1, 0.15) is 11.6 Å². The van der Waals surface area contributed by atoms with E-state index in [0.29, 0.717) is 24.8 Å². The lowest BCUT2D eigenvalue weighted by atomic mass is 9.92. The maximum Gasteiger partial charge on any atom is 0.257 e. The van der Waals surface area contributed by atoms with Gasteiger partial charge in [0, 0.05) is 19.1 Å². The van der Waals surface area contributed by atoms with Crippen molar-refractivity contribution >= 4 is 5.91 Å². The molecule has 0 spiro atoms. The van der Waals surface area contributed by atoms with Crippen molar-refractivity contribution in [1.82, 2.24) is 4.90 Å². The van der Waals surface area contributed by atoms with Crippen molar-refractivity contribution in [3.05, 3.63) is 29.6 Å². The van der Waals surface area contributed by atoms with E-state index in [0.717, 1.165) is 12.8 Å². The second-order valence-corrected chi connectivity index (χ2v) is 5.36. The number of benzene rings is 1. The molecule has 1 aromatic carbocycles. The molecule has 110 valence electrons. The van der Waals surface area contributed by atoms with Crippen LogP contribution in [0, 0.1) is 11.7 Å². The standard InChI is InChI=1S/C15H21FN2O2/c1-10(17)11-4-3-7-18(9-11)15(19)13-8-12(16)5-6-14(13)20-2/h5-6,8,10-11H,3-4,7,9,17H2,1-2H3/t10-,11-/m0/s1. The Hall–Kier alpha value is -1.62. The topological polar surface area (TPSA) is 55.6 Å². The van der Waals surface area contributed by atoms with Gasteiger partial charge in [-0.15, -0.1) is 0 Å². The number of nitrogens with zero attached hydrogens (tertiary/aromatic N) is 1. The van der Waals surface area contributed by atoms with Crippen LogP contribution in [-0.2, 0) is 0 Å². The predicted octanol–water partition coefficient (Wildman–Crippen LogP) is 2.03. The van der Waals surface area contributed by atoms with Crippen molar-refractivity contribution in [3.63, 3.8) is 0 Å². The molecule has 4 nitrogen and oxygen atoms in total. The van der Waals surface area contributed by atoms with Crippen LogP contribution in [0.5, 0.6) is 5.75 Å². The van der Waals surface area contributed by atoms with Crippen LogP contribution in [0.15, 0.2) is 18.2 Å². The molecular weight excluding hydrogens is 259 g/mol. The highest BCUT2D eigenvalue weighted by molar-refractivity contribution is 5.97. The zero-order valence-electron chi connectivity index (χ0n) is 11.9. The molecule has 0 aliphatic carbocycles. The van der Waals surface area contributed by atoms with Crippen molar-refractivity contribution in [2.45, 2.75) is 25.8 Å². The second kappa shape index (κ2) is 6.22. The number of rotatable bonds is 3. The molecule has 1 heterocycles. The minimum absolute atomic E-state index is 0.0556. The molecule has 1 saturated heterocycles. The van der Waals surface area contributed by atoms with Gasteiger partial charge in [0.05, 0.1) is 12.7 Å². The third kappa shape index (κ3) is 3.10. The third-order valence-electron chi connectivity index (χ3n) is 3.88. The van der Waals surface area contributed by atoms with Crippen molar-refractivity contribution in [1.29, 1.82) is 0 Å². The number of nitrogens with two attached hydrogens (primary N) is 1. The minimum Gasteiger partial charge on any atom is -0.496 e. The summed E-state index contributed by atoms with van der Waals surface area (Å²) in [6, 6.07) is 4.06. The SMILES string of the molecule is COc1ccc(F)cc1C(=O)N1CCC[C@H]([C@H](C)N)C1. The Kier molecular flexibility index (Phi) is 4.60. The fourth-order valence-corrected chi connectivity index (χ4v) is 2.64. The smallest absolute Gasteiger partial charge is 0.257 e. The van der Waals surface area contributed by atoms with Crippen LogP contribution < -0.4 is 10.5 Å². The van der Waals surface area contributed by atoms with E-state index in [9.17, 15) is 9.18 Å². The number of carbonyl (C=O) groups excluding carboxylic acids is 1. The van der Waals surface area contributed by atoms with Gasteiger partial charge < -0.3 is 15.4 Å².